The van der Waals surface area contributed by atoms with Crippen molar-refractivity contribution >= 4 is 39.1 Å². The molecule has 5 aromatic rings. The van der Waals surface area contributed by atoms with Gasteiger partial charge in [0.2, 0.25) is 0 Å². The van der Waals surface area contributed by atoms with E-state index in [1.54, 1.807) is 30.2 Å². The molecule has 2 aliphatic heterocycles. The minimum absolute atomic E-state index is 0.195. The highest BCUT2D eigenvalue weighted by molar-refractivity contribution is 6.14. The van der Waals surface area contributed by atoms with Gasteiger partial charge in [0.1, 0.15) is 17.3 Å². The molecular weight excluding hydrogens is 449 g/mol. The van der Waals surface area contributed by atoms with Gasteiger partial charge in [-0.15, -0.1) is 0 Å². The smallest absolute Gasteiger partial charge is 0.326 e. The lowest BCUT2D eigenvalue weighted by atomic mass is 10.1. The summed E-state index contributed by atoms with van der Waals surface area (Å²) in [4.78, 5) is 19.6. The summed E-state index contributed by atoms with van der Waals surface area (Å²) in [7, 11) is 1.77. The van der Waals surface area contributed by atoms with Gasteiger partial charge in [0.05, 0.1) is 35.2 Å². The maximum atomic E-state index is 14.5. The number of nitrogens with one attached hydrogen (secondary N) is 3. The Morgan fingerprint density at radius 1 is 1.20 bits per heavy atom. The lowest BCUT2D eigenvalue weighted by Crippen LogP contribution is -2.30. The second kappa shape index (κ2) is 7.51. The third kappa shape index (κ3) is 3.18. The second-order valence-electron chi connectivity index (χ2n) is 9.31. The number of fused-ring (bicyclic) bond motifs is 5. The molecule has 4 aromatic heterocycles. The van der Waals surface area contributed by atoms with Crippen LogP contribution in [-0.4, -0.2) is 62.3 Å². The molecule has 10 nitrogen and oxygen atoms in total. The molecule has 11 heteroatoms. The highest BCUT2D eigenvalue weighted by Gasteiger charge is 2.37. The van der Waals surface area contributed by atoms with Gasteiger partial charge in [-0.25, -0.2) is 13.9 Å². The van der Waals surface area contributed by atoms with Crippen LogP contribution in [0.15, 0.2) is 30.7 Å². The molecule has 2 fully saturated rings. The molecule has 3 N–H and O–H groups in total. The highest BCUT2D eigenvalue weighted by Crippen LogP contribution is 2.39. The topological polar surface area (TPSA) is 108 Å². The van der Waals surface area contributed by atoms with E-state index in [4.69, 9.17) is 9.72 Å². The van der Waals surface area contributed by atoms with Crippen LogP contribution in [0.5, 0.6) is 11.8 Å². The predicted molar refractivity (Wildman–Crippen MR) is 131 cm³/mol. The Morgan fingerprint density at radius 3 is 2.97 bits per heavy atom. The van der Waals surface area contributed by atoms with Crippen LogP contribution < -0.4 is 20.3 Å². The molecule has 0 radical (unpaired) electrons. The zero-order valence-corrected chi connectivity index (χ0v) is 19.3. The summed E-state index contributed by atoms with van der Waals surface area (Å²) < 4.78 is 22.3. The van der Waals surface area contributed by atoms with E-state index < -0.39 is 0 Å². The van der Waals surface area contributed by atoms with Gasteiger partial charge in [-0.1, -0.05) is 0 Å². The van der Waals surface area contributed by atoms with Crippen LogP contribution in [0.3, 0.4) is 0 Å². The second-order valence-corrected chi connectivity index (χ2v) is 9.31. The Bertz CT molecular complexity index is 1600. The number of aryl methyl sites for hydroxylation is 1. The molecule has 2 aliphatic rings. The van der Waals surface area contributed by atoms with Crippen molar-refractivity contribution in [2.24, 2.45) is 5.92 Å². The first-order valence-corrected chi connectivity index (χ1v) is 11.7. The van der Waals surface area contributed by atoms with Crippen LogP contribution in [0.1, 0.15) is 12.0 Å². The predicted octanol–water partition coefficient (Wildman–Crippen LogP) is 3.23. The average Bonchev–Trinajstić information content (AvgIpc) is 3.61. The Balaban J connectivity index is 1.39. The van der Waals surface area contributed by atoms with Crippen molar-refractivity contribution in [3.05, 3.63) is 42.1 Å². The standard InChI is InChI=1S/C24H24FN9O/c1-12-7-29-34-10-15(8-28-22(12)34)35-24-31-21-19(16-5-14(25)6-17(26-2)20(16)30-21)23(32-24)33-9-13-3-4-27-18(13)11-33/h5-8,10,13,18,26-27H,3-4,9,11H2,1-2H3,(H,30,31,32). The van der Waals surface area contributed by atoms with E-state index in [9.17, 15) is 4.39 Å². The van der Waals surface area contributed by atoms with Gasteiger partial charge >= 0.3 is 6.01 Å². The number of aromatic amines is 1. The quantitative estimate of drug-likeness (QED) is 0.365. The fourth-order valence-corrected chi connectivity index (χ4v) is 5.45. The number of hydrogen-bond donors (Lipinski definition) is 3. The summed E-state index contributed by atoms with van der Waals surface area (Å²) in [6.45, 7) is 4.71. The zero-order chi connectivity index (χ0) is 23.7. The highest BCUT2D eigenvalue weighted by atomic mass is 19.1. The molecular formula is C24H24FN9O. The molecule has 0 aliphatic carbocycles. The summed E-state index contributed by atoms with van der Waals surface area (Å²) in [5.74, 6) is 1.46. The lowest BCUT2D eigenvalue weighted by molar-refractivity contribution is 0.438. The van der Waals surface area contributed by atoms with Crippen molar-refractivity contribution in [1.82, 2.24) is 34.9 Å². The van der Waals surface area contributed by atoms with E-state index in [1.807, 2.05) is 6.92 Å². The number of anilines is 2. The molecule has 1 aromatic carbocycles. The monoisotopic (exact) mass is 473 g/mol. The number of benzene rings is 1. The van der Waals surface area contributed by atoms with Crippen LogP contribution >= 0.6 is 0 Å². The Hall–Kier alpha value is -3.99. The van der Waals surface area contributed by atoms with Crippen LogP contribution in [0, 0.1) is 18.7 Å². The summed E-state index contributed by atoms with van der Waals surface area (Å²) >= 11 is 0. The first-order valence-electron chi connectivity index (χ1n) is 11.7. The fraction of sp³-hybridized carbons (Fsp3) is 0.333. The van der Waals surface area contributed by atoms with Gasteiger partial charge in [0.25, 0.3) is 0 Å². The molecule has 178 valence electrons. The van der Waals surface area contributed by atoms with Gasteiger partial charge in [-0.05, 0) is 37.9 Å². The van der Waals surface area contributed by atoms with E-state index in [1.165, 1.54) is 12.1 Å². The summed E-state index contributed by atoms with van der Waals surface area (Å²) in [5, 5.41) is 12.5. The van der Waals surface area contributed by atoms with E-state index in [0.717, 1.165) is 59.4 Å². The number of aromatic nitrogens is 6. The van der Waals surface area contributed by atoms with Crippen LogP contribution in [0.2, 0.25) is 0 Å². The van der Waals surface area contributed by atoms with Crippen LogP contribution in [0.4, 0.5) is 15.9 Å². The molecule has 2 unspecified atom stereocenters. The third-order valence-electron chi connectivity index (χ3n) is 7.14. The normalized spacial score (nSPS) is 19.8. The number of H-pyrrole nitrogens is 1. The average molecular weight is 474 g/mol. The van der Waals surface area contributed by atoms with Crippen molar-refractivity contribution in [3.8, 4) is 11.8 Å². The largest absolute Gasteiger partial charge is 0.421 e. The number of nitrogens with zero attached hydrogens (tertiary/aromatic N) is 6. The van der Waals surface area contributed by atoms with Crippen molar-refractivity contribution < 1.29 is 9.13 Å². The molecule has 6 heterocycles. The van der Waals surface area contributed by atoms with Crippen LogP contribution in [0.25, 0.3) is 27.6 Å². The maximum Gasteiger partial charge on any atom is 0.326 e. The molecule has 7 rings (SSSR count). The fourth-order valence-electron chi connectivity index (χ4n) is 5.45. The van der Waals surface area contributed by atoms with E-state index >= 15 is 0 Å². The maximum absolute atomic E-state index is 14.5. The van der Waals surface area contributed by atoms with Crippen molar-refractivity contribution in [2.75, 3.05) is 36.9 Å². The van der Waals surface area contributed by atoms with Crippen LogP contribution in [-0.2, 0) is 0 Å². The van der Waals surface area contributed by atoms with Gasteiger partial charge in [0, 0.05) is 37.1 Å². The van der Waals surface area contributed by atoms with Crippen molar-refractivity contribution in [1.29, 1.82) is 0 Å². The van der Waals surface area contributed by atoms with Crippen molar-refractivity contribution in [3.63, 3.8) is 0 Å². The zero-order valence-electron chi connectivity index (χ0n) is 19.3. The van der Waals surface area contributed by atoms with E-state index in [0.29, 0.717) is 29.0 Å². The number of ether oxygens (including phenoxy) is 1. The molecule has 0 amide bonds. The first-order chi connectivity index (χ1) is 17.1. The number of rotatable bonds is 4. The van der Waals surface area contributed by atoms with Gasteiger partial charge in [-0.3, -0.25) is 0 Å². The minimum atomic E-state index is -0.317. The number of hydrogen-bond acceptors (Lipinski definition) is 8. The minimum Gasteiger partial charge on any atom is -0.421 e. The summed E-state index contributed by atoms with van der Waals surface area (Å²) in [6.07, 6.45) is 6.29. The molecule has 2 atom stereocenters. The van der Waals surface area contributed by atoms with Gasteiger partial charge in [-0.2, -0.15) is 15.1 Å². The Labute approximate surface area is 199 Å². The summed E-state index contributed by atoms with van der Waals surface area (Å²) in [6, 6.07) is 3.63. The van der Waals surface area contributed by atoms with Gasteiger partial charge < -0.3 is 25.3 Å². The van der Waals surface area contributed by atoms with Gasteiger partial charge in [0.15, 0.2) is 11.4 Å². The number of halogens is 1. The molecule has 0 bridgehead atoms. The third-order valence-corrected chi connectivity index (χ3v) is 7.14. The van der Waals surface area contributed by atoms with E-state index in [-0.39, 0.29) is 11.8 Å². The molecule has 0 saturated carbocycles. The molecule has 35 heavy (non-hydrogen) atoms. The Morgan fingerprint density at radius 2 is 2.11 bits per heavy atom. The Kier molecular flexibility index (Phi) is 4.37. The first kappa shape index (κ1) is 20.4. The lowest BCUT2D eigenvalue weighted by Gasteiger charge is -2.20. The molecule has 2 saturated heterocycles. The van der Waals surface area contributed by atoms with Crippen molar-refractivity contribution in [2.45, 2.75) is 19.4 Å². The summed E-state index contributed by atoms with van der Waals surface area (Å²) in [5.41, 5.74) is 3.79. The molecule has 0 spiro atoms. The van der Waals surface area contributed by atoms with E-state index in [2.05, 4.69) is 35.6 Å². The SMILES string of the molecule is CNc1cc(F)cc2c1[nH]c1nc(Oc3cnc4c(C)cnn4c3)nc(N3CC4CCNC4C3)c12.